The Morgan fingerprint density at radius 2 is 1.79 bits per heavy atom. The number of anilines is 1. The molecule has 0 saturated heterocycles. The highest BCUT2D eigenvalue weighted by Crippen LogP contribution is 2.35. The van der Waals surface area contributed by atoms with Crippen LogP contribution in [0, 0.1) is 12.8 Å². The summed E-state index contributed by atoms with van der Waals surface area (Å²) in [5, 5.41) is 16.5. The lowest BCUT2D eigenvalue weighted by Gasteiger charge is -2.16. The molecule has 3 aromatic rings. The Bertz CT molecular complexity index is 1420. The maximum atomic E-state index is 13.2. The fraction of sp³-hybridized carbons (Fsp3) is 0.320. The first-order valence-corrected chi connectivity index (χ1v) is 13.1. The van der Waals surface area contributed by atoms with E-state index in [-0.39, 0.29) is 58.4 Å². The third kappa shape index (κ3) is 6.49. The Morgan fingerprint density at radius 3 is 2.37 bits per heavy atom. The van der Waals surface area contributed by atoms with Gasteiger partial charge in [0.1, 0.15) is 16.4 Å². The molecule has 0 saturated carbocycles. The standard InChI is InChI=1S/C25H30N4O8S/c1-15(2)23(30)27-17-6-11-20(21(14-17)38(33,34)26-12-13-35-4)37-24-16(3)22(25(31)32)28-29(24)18-7-9-19(36-5)10-8-18/h6-11,14-15,26H,12-13H2,1-5H3,(H,27,30)(H,31,32). The molecular weight excluding hydrogens is 516 g/mol. The number of carboxylic acid groups (broad SMARTS) is 1. The van der Waals surface area contributed by atoms with Crippen LogP contribution >= 0.6 is 0 Å². The number of nitrogens with one attached hydrogen (secondary N) is 2. The third-order valence-electron chi connectivity index (χ3n) is 5.42. The van der Waals surface area contributed by atoms with E-state index in [1.54, 1.807) is 38.1 Å². The van der Waals surface area contributed by atoms with E-state index in [0.29, 0.717) is 11.4 Å². The van der Waals surface area contributed by atoms with Crippen molar-refractivity contribution in [3.8, 4) is 23.1 Å². The summed E-state index contributed by atoms with van der Waals surface area (Å²) >= 11 is 0. The Morgan fingerprint density at radius 1 is 1.11 bits per heavy atom. The fourth-order valence-corrected chi connectivity index (χ4v) is 4.49. The molecule has 0 radical (unpaired) electrons. The van der Waals surface area contributed by atoms with Crippen LogP contribution in [0.5, 0.6) is 17.4 Å². The molecule has 12 nitrogen and oxygen atoms in total. The lowest BCUT2D eigenvalue weighted by atomic mass is 10.2. The Balaban J connectivity index is 2.13. The number of hydrogen-bond donors (Lipinski definition) is 3. The number of aromatic nitrogens is 2. The topological polar surface area (TPSA) is 158 Å². The molecule has 13 heteroatoms. The predicted molar refractivity (Wildman–Crippen MR) is 139 cm³/mol. The Labute approximate surface area is 220 Å². The first-order valence-electron chi connectivity index (χ1n) is 11.6. The van der Waals surface area contributed by atoms with Gasteiger partial charge in [-0.2, -0.15) is 9.78 Å². The van der Waals surface area contributed by atoms with E-state index in [1.165, 1.54) is 44.0 Å². The molecule has 0 bridgehead atoms. The van der Waals surface area contributed by atoms with Gasteiger partial charge in [0, 0.05) is 30.8 Å². The van der Waals surface area contributed by atoms with Crippen LogP contribution in [0.15, 0.2) is 47.4 Å². The summed E-state index contributed by atoms with van der Waals surface area (Å²) in [6, 6.07) is 10.8. The van der Waals surface area contributed by atoms with Gasteiger partial charge in [0.05, 0.1) is 19.4 Å². The SMILES string of the molecule is COCCNS(=O)(=O)c1cc(NC(=O)C(C)C)ccc1Oc1c(C)c(C(=O)O)nn1-c1ccc(OC)cc1. The van der Waals surface area contributed by atoms with E-state index < -0.39 is 16.0 Å². The van der Waals surface area contributed by atoms with E-state index in [0.717, 1.165) is 0 Å². The highest BCUT2D eigenvalue weighted by Gasteiger charge is 2.26. The van der Waals surface area contributed by atoms with Gasteiger partial charge in [-0.25, -0.2) is 17.9 Å². The summed E-state index contributed by atoms with van der Waals surface area (Å²) < 4.78 is 46.3. The number of benzene rings is 2. The van der Waals surface area contributed by atoms with E-state index >= 15 is 0 Å². The molecule has 0 unspecified atom stereocenters. The zero-order valence-electron chi connectivity index (χ0n) is 21.6. The van der Waals surface area contributed by atoms with Crippen LogP contribution in [-0.4, -0.2) is 62.6 Å². The highest BCUT2D eigenvalue weighted by molar-refractivity contribution is 7.89. The summed E-state index contributed by atoms with van der Waals surface area (Å²) in [6.07, 6.45) is 0. The van der Waals surface area contributed by atoms with Crippen LogP contribution in [0.25, 0.3) is 5.69 Å². The summed E-state index contributed by atoms with van der Waals surface area (Å²) in [6.45, 7) is 5.05. The second-order valence-electron chi connectivity index (χ2n) is 8.49. The number of methoxy groups -OCH3 is 2. The van der Waals surface area contributed by atoms with Crippen molar-refractivity contribution in [3.63, 3.8) is 0 Å². The van der Waals surface area contributed by atoms with E-state index in [1.807, 2.05) is 0 Å². The largest absolute Gasteiger partial charge is 0.497 e. The van der Waals surface area contributed by atoms with Crippen LogP contribution in [0.3, 0.4) is 0 Å². The lowest BCUT2D eigenvalue weighted by molar-refractivity contribution is -0.118. The van der Waals surface area contributed by atoms with E-state index in [4.69, 9.17) is 14.2 Å². The van der Waals surface area contributed by atoms with Crippen molar-refractivity contribution in [2.45, 2.75) is 25.7 Å². The molecule has 0 spiro atoms. The minimum absolute atomic E-state index is 0.000116. The maximum Gasteiger partial charge on any atom is 0.356 e. The fourth-order valence-electron chi connectivity index (χ4n) is 3.33. The van der Waals surface area contributed by atoms with Gasteiger partial charge in [-0.15, -0.1) is 0 Å². The number of carboxylic acids is 1. The molecule has 0 atom stereocenters. The average Bonchev–Trinajstić information content (AvgIpc) is 3.21. The number of ether oxygens (including phenoxy) is 3. The van der Waals surface area contributed by atoms with Crippen molar-refractivity contribution in [3.05, 3.63) is 53.7 Å². The Kier molecular flexibility index (Phi) is 9.09. The number of rotatable bonds is 12. The maximum absolute atomic E-state index is 13.2. The van der Waals surface area contributed by atoms with Crippen molar-refractivity contribution < 1.29 is 37.3 Å². The van der Waals surface area contributed by atoms with Crippen LogP contribution in [0.4, 0.5) is 5.69 Å². The smallest absolute Gasteiger partial charge is 0.356 e. The van der Waals surface area contributed by atoms with Gasteiger partial charge < -0.3 is 24.6 Å². The van der Waals surface area contributed by atoms with Gasteiger partial charge in [0.15, 0.2) is 5.69 Å². The number of amides is 1. The molecule has 38 heavy (non-hydrogen) atoms. The summed E-state index contributed by atoms with van der Waals surface area (Å²) in [7, 11) is -1.19. The quantitative estimate of drug-likeness (QED) is 0.290. The molecular formula is C25H30N4O8S. The molecule has 2 aromatic carbocycles. The monoisotopic (exact) mass is 546 g/mol. The number of nitrogens with zero attached hydrogens (tertiary/aromatic N) is 2. The van der Waals surface area contributed by atoms with Crippen molar-refractivity contribution in [1.82, 2.24) is 14.5 Å². The van der Waals surface area contributed by atoms with Crippen LogP contribution < -0.4 is 19.5 Å². The van der Waals surface area contributed by atoms with Gasteiger partial charge in [-0.1, -0.05) is 13.8 Å². The molecule has 1 heterocycles. The van der Waals surface area contributed by atoms with Gasteiger partial charge in [-0.3, -0.25) is 4.79 Å². The van der Waals surface area contributed by atoms with Crippen molar-refractivity contribution >= 4 is 27.6 Å². The zero-order chi connectivity index (χ0) is 28.0. The van der Waals surface area contributed by atoms with Crippen LogP contribution in [-0.2, 0) is 19.6 Å². The zero-order valence-corrected chi connectivity index (χ0v) is 22.5. The molecule has 0 aliphatic heterocycles. The molecule has 0 aliphatic rings. The second-order valence-corrected chi connectivity index (χ2v) is 10.2. The molecule has 204 valence electrons. The van der Waals surface area contributed by atoms with Gasteiger partial charge in [0.25, 0.3) is 0 Å². The first-order chi connectivity index (χ1) is 18.0. The number of hydrogen-bond acceptors (Lipinski definition) is 8. The van der Waals surface area contributed by atoms with Crippen LogP contribution in [0.2, 0.25) is 0 Å². The predicted octanol–water partition coefficient (Wildman–Crippen LogP) is 3.20. The number of aromatic carboxylic acids is 1. The van der Waals surface area contributed by atoms with Gasteiger partial charge in [-0.05, 0) is 49.4 Å². The molecule has 1 aromatic heterocycles. The lowest BCUT2D eigenvalue weighted by Crippen LogP contribution is -2.27. The van der Waals surface area contributed by atoms with E-state index in [9.17, 15) is 23.1 Å². The molecule has 0 aliphatic carbocycles. The minimum atomic E-state index is -4.14. The molecule has 3 rings (SSSR count). The Hall–Kier alpha value is -3.94. The van der Waals surface area contributed by atoms with Crippen molar-refractivity contribution in [2.75, 3.05) is 32.7 Å². The van der Waals surface area contributed by atoms with Gasteiger partial charge >= 0.3 is 5.97 Å². The third-order valence-corrected chi connectivity index (χ3v) is 6.90. The normalized spacial score (nSPS) is 11.4. The first kappa shape index (κ1) is 28.6. The number of sulfonamides is 1. The highest BCUT2D eigenvalue weighted by atomic mass is 32.2. The average molecular weight is 547 g/mol. The summed E-state index contributed by atoms with van der Waals surface area (Å²) in [4.78, 5) is 23.8. The minimum Gasteiger partial charge on any atom is -0.497 e. The van der Waals surface area contributed by atoms with Crippen LogP contribution in [0.1, 0.15) is 29.9 Å². The van der Waals surface area contributed by atoms with Crippen molar-refractivity contribution in [2.24, 2.45) is 5.92 Å². The molecule has 1 amide bonds. The number of carbonyl (C=O) groups is 2. The molecule has 0 fully saturated rings. The van der Waals surface area contributed by atoms with Crippen molar-refractivity contribution in [1.29, 1.82) is 0 Å². The molecule has 3 N–H and O–H groups in total. The summed E-state index contributed by atoms with van der Waals surface area (Å²) in [5.74, 6) is -1.43. The summed E-state index contributed by atoms with van der Waals surface area (Å²) in [5.41, 5.74) is 0.620. The van der Waals surface area contributed by atoms with Gasteiger partial charge in [0.2, 0.25) is 21.8 Å². The second kappa shape index (κ2) is 12.1. The van der Waals surface area contributed by atoms with E-state index in [2.05, 4.69) is 15.1 Å². The number of carbonyl (C=O) groups excluding carboxylic acids is 1.